The van der Waals surface area contributed by atoms with Crippen LogP contribution >= 0.6 is 0 Å². The normalized spacial score (nSPS) is 15.0. The minimum Gasteiger partial charge on any atom is -0.496 e. The Morgan fingerprint density at radius 3 is 2.06 bits per heavy atom. The van der Waals surface area contributed by atoms with Gasteiger partial charge < -0.3 is 24.3 Å². The third-order valence-electron chi connectivity index (χ3n) is 6.00. The van der Waals surface area contributed by atoms with E-state index in [1.165, 1.54) is 0 Å². The van der Waals surface area contributed by atoms with E-state index in [9.17, 15) is 0 Å². The number of piperazine rings is 1. The molecule has 1 unspecified atom stereocenters. The lowest BCUT2D eigenvalue weighted by Crippen LogP contribution is -2.45. The summed E-state index contributed by atoms with van der Waals surface area (Å²) < 4.78 is 23.4. The smallest absolute Gasteiger partial charge is 0.161 e. The molecular formula is C27H32N2O4. The van der Waals surface area contributed by atoms with E-state index in [-0.39, 0.29) is 6.04 Å². The highest BCUT2D eigenvalue weighted by atomic mass is 16.5. The van der Waals surface area contributed by atoms with Gasteiger partial charge in [0, 0.05) is 26.2 Å². The minimum absolute atomic E-state index is 0.0460. The number of nitrogens with zero attached hydrogens (tertiary/aromatic N) is 1. The van der Waals surface area contributed by atoms with Crippen LogP contribution in [-0.2, 0) is 6.61 Å². The third-order valence-corrected chi connectivity index (χ3v) is 6.00. The average Bonchev–Trinajstić information content (AvgIpc) is 2.89. The molecule has 1 aliphatic rings. The van der Waals surface area contributed by atoms with Crippen molar-refractivity contribution >= 4 is 0 Å². The van der Waals surface area contributed by atoms with Crippen molar-refractivity contribution in [3.05, 3.63) is 83.4 Å². The van der Waals surface area contributed by atoms with E-state index < -0.39 is 0 Å². The molecule has 0 amide bonds. The topological polar surface area (TPSA) is 52.2 Å². The number of methoxy groups -OCH3 is 3. The monoisotopic (exact) mass is 448 g/mol. The highest BCUT2D eigenvalue weighted by molar-refractivity contribution is 5.53. The summed E-state index contributed by atoms with van der Waals surface area (Å²) in [6, 6.07) is 22.2. The van der Waals surface area contributed by atoms with Crippen LogP contribution in [0.15, 0.2) is 66.7 Å². The number of benzene rings is 3. The molecule has 0 aliphatic carbocycles. The summed E-state index contributed by atoms with van der Waals surface area (Å²) in [6.45, 7) is 4.19. The highest BCUT2D eigenvalue weighted by Crippen LogP contribution is 2.43. The van der Waals surface area contributed by atoms with Crippen LogP contribution in [0.3, 0.4) is 0 Å². The number of ether oxygens (including phenoxy) is 4. The van der Waals surface area contributed by atoms with Gasteiger partial charge in [0.2, 0.25) is 0 Å². The fraction of sp³-hybridized carbons (Fsp3) is 0.333. The number of hydrogen-bond donors (Lipinski definition) is 1. The first-order chi connectivity index (χ1) is 16.2. The van der Waals surface area contributed by atoms with Crippen LogP contribution in [0.4, 0.5) is 0 Å². The molecule has 1 aliphatic heterocycles. The van der Waals surface area contributed by atoms with Crippen molar-refractivity contribution in [1.82, 2.24) is 10.2 Å². The summed E-state index contributed by atoms with van der Waals surface area (Å²) in [5.74, 6) is 3.04. The van der Waals surface area contributed by atoms with E-state index in [4.69, 9.17) is 18.9 Å². The molecule has 6 heteroatoms. The zero-order valence-corrected chi connectivity index (χ0v) is 19.5. The van der Waals surface area contributed by atoms with Gasteiger partial charge in [-0.25, -0.2) is 0 Å². The van der Waals surface area contributed by atoms with Crippen LogP contribution in [0.25, 0.3) is 0 Å². The molecule has 0 radical (unpaired) electrons. The maximum Gasteiger partial charge on any atom is 0.161 e. The first-order valence-electron chi connectivity index (χ1n) is 11.3. The molecule has 0 aromatic heterocycles. The molecule has 3 aromatic carbocycles. The van der Waals surface area contributed by atoms with Gasteiger partial charge in [-0.1, -0.05) is 42.5 Å². The van der Waals surface area contributed by atoms with Crippen molar-refractivity contribution < 1.29 is 18.9 Å². The molecule has 6 nitrogen and oxygen atoms in total. The number of nitrogens with one attached hydrogen (secondary N) is 1. The van der Waals surface area contributed by atoms with E-state index in [0.29, 0.717) is 12.4 Å². The zero-order chi connectivity index (χ0) is 23.0. The molecule has 1 saturated heterocycles. The maximum atomic E-state index is 6.09. The van der Waals surface area contributed by atoms with E-state index in [1.807, 2.05) is 42.5 Å². The molecule has 174 valence electrons. The Morgan fingerprint density at radius 1 is 0.758 bits per heavy atom. The standard InChI is InChI=1S/C27H32N2O4/c1-30-23-10-7-11-24(31-2)26(23)27(29-16-14-28-15-17-29)21-12-13-22(25(18-21)32-3)33-19-20-8-5-4-6-9-20/h4-13,18,27-28H,14-17,19H2,1-3H3. The third kappa shape index (κ3) is 5.24. The Hall–Kier alpha value is -3.22. The van der Waals surface area contributed by atoms with Crippen molar-refractivity contribution in [3.63, 3.8) is 0 Å². The van der Waals surface area contributed by atoms with Crippen molar-refractivity contribution in [2.45, 2.75) is 12.6 Å². The Kier molecular flexibility index (Phi) is 7.70. The quantitative estimate of drug-likeness (QED) is 0.527. The largest absolute Gasteiger partial charge is 0.496 e. The van der Waals surface area contributed by atoms with E-state index in [2.05, 4.69) is 34.5 Å². The summed E-state index contributed by atoms with van der Waals surface area (Å²) >= 11 is 0. The summed E-state index contributed by atoms with van der Waals surface area (Å²) in [5.41, 5.74) is 3.23. The Morgan fingerprint density at radius 2 is 1.42 bits per heavy atom. The lowest BCUT2D eigenvalue weighted by atomic mass is 9.94. The van der Waals surface area contributed by atoms with Gasteiger partial charge in [-0.2, -0.15) is 0 Å². The second-order valence-corrected chi connectivity index (χ2v) is 7.95. The summed E-state index contributed by atoms with van der Waals surface area (Å²) in [5, 5.41) is 3.44. The molecular weight excluding hydrogens is 416 g/mol. The predicted octanol–water partition coefficient (Wildman–Crippen LogP) is 4.29. The van der Waals surface area contributed by atoms with Gasteiger partial charge in [0.1, 0.15) is 18.1 Å². The Labute approximate surface area is 196 Å². The minimum atomic E-state index is -0.0460. The maximum absolute atomic E-state index is 6.09. The fourth-order valence-electron chi connectivity index (χ4n) is 4.36. The van der Waals surface area contributed by atoms with Crippen molar-refractivity contribution in [1.29, 1.82) is 0 Å². The van der Waals surface area contributed by atoms with Crippen LogP contribution in [0, 0.1) is 0 Å². The van der Waals surface area contributed by atoms with Crippen LogP contribution < -0.4 is 24.3 Å². The van der Waals surface area contributed by atoms with Crippen molar-refractivity contribution in [2.75, 3.05) is 47.5 Å². The van der Waals surface area contributed by atoms with Gasteiger partial charge in [0.15, 0.2) is 11.5 Å². The van der Waals surface area contributed by atoms with Gasteiger partial charge in [-0.05, 0) is 35.4 Å². The zero-order valence-electron chi connectivity index (χ0n) is 19.5. The summed E-state index contributed by atoms with van der Waals surface area (Å²) in [7, 11) is 5.08. The van der Waals surface area contributed by atoms with Crippen molar-refractivity contribution in [3.8, 4) is 23.0 Å². The first kappa shape index (κ1) is 23.0. The summed E-state index contributed by atoms with van der Waals surface area (Å²) in [4.78, 5) is 2.45. The first-order valence-corrected chi connectivity index (χ1v) is 11.3. The van der Waals surface area contributed by atoms with Gasteiger partial charge in [0.25, 0.3) is 0 Å². The highest BCUT2D eigenvalue weighted by Gasteiger charge is 2.30. The van der Waals surface area contributed by atoms with Gasteiger partial charge in [-0.3, -0.25) is 4.90 Å². The molecule has 4 rings (SSSR count). The van der Waals surface area contributed by atoms with Gasteiger partial charge in [0.05, 0.1) is 32.9 Å². The lowest BCUT2D eigenvalue weighted by molar-refractivity contribution is 0.191. The fourth-order valence-corrected chi connectivity index (χ4v) is 4.36. The molecule has 0 spiro atoms. The molecule has 33 heavy (non-hydrogen) atoms. The average molecular weight is 449 g/mol. The second kappa shape index (κ2) is 11.1. The summed E-state index contributed by atoms with van der Waals surface area (Å²) in [6.07, 6.45) is 0. The molecule has 1 N–H and O–H groups in total. The van der Waals surface area contributed by atoms with Crippen LogP contribution in [0.5, 0.6) is 23.0 Å². The number of hydrogen-bond acceptors (Lipinski definition) is 6. The SMILES string of the molecule is COc1cc(C(c2c(OC)cccc2OC)N2CCNCC2)ccc1OCc1ccccc1. The predicted molar refractivity (Wildman–Crippen MR) is 130 cm³/mol. The van der Waals surface area contributed by atoms with Crippen LogP contribution in [0.2, 0.25) is 0 Å². The van der Waals surface area contributed by atoms with Crippen LogP contribution in [0.1, 0.15) is 22.7 Å². The number of rotatable bonds is 9. The molecule has 1 heterocycles. The molecule has 1 atom stereocenters. The Bertz CT molecular complexity index is 1010. The molecule has 0 saturated carbocycles. The van der Waals surface area contributed by atoms with E-state index in [0.717, 1.165) is 60.1 Å². The second-order valence-electron chi connectivity index (χ2n) is 7.95. The van der Waals surface area contributed by atoms with Gasteiger partial charge >= 0.3 is 0 Å². The van der Waals surface area contributed by atoms with Gasteiger partial charge in [-0.15, -0.1) is 0 Å². The molecule has 0 bridgehead atoms. The van der Waals surface area contributed by atoms with E-state index >= 15 is 0 Å². The van der Waals surface area contributed by atoms with Crippen molar-refractivity contribution in [2.24, 2.45) is 0 Å². The Balaban J connectivity index is 1.72. The molecule has 3 aromatic rings. The van der Waals surface area contributed by atoms with Crippen LogP contribution in [-0.4, -0.2) is 52.4 Å². The van der Waals surface area contributed by atoms with E-state index in [1.54, 1.807) is 21.3 Å². The lowest BCUT2D eigenvalue weighted by Gasteiger charge is -2.36. The molecule has 1 fully saturated rings.